The van der Waals surface area contributed by atoms with Crippen molar-refractivity contribution < 1.29 is 17.9 Å². The van der Waals surface area contributed by atoms with E-state index in [4.69, 9.17) is 4.74 Å². The molecular formula is C31H33N7O4S. The number of aryl methyl sites for hydroxylation is 4. The maximum atomic E-state index is 13.3. The third-order valence-corrected chi connectivity index (χ3v) is 9.08. The van der Waals surface area contributed by atoms with E-state index in [0.29, 0.717) is 31.6 Å². The number of sulfonamides is 1. The number of anilines is 1. The van der Waals surface area contributed by atoms with E-state index in [-0.39, 0.29) is 28.7 Å². The van der Waals surface area contributed by atoms with Gasteiger partial charge >= 0.3 is 0 Å². The Bertz CT molecular complexity index is 1930. The number of carbonyl (C=O) groups is 1. The summed E-state index contributed by atoms with van der Waals surface area (Å²) < 4.78 is 36.3. The Morgan fingerprint density at radius 3 is 2.60 bits per heavy atom. The molecule has 0 aliphatic carbocycles. The first-order chi connectivity index (χ1) is 20.6. The van der Waals surface area contributed by atoms with Gasteiger partial charge in [-0.3, -0.25) is 9.48 Å². The summed E-state index contributed by atoms with van der Waals surface area (Å²) in [5.74, 6) is 0.144. The van der Waals surface area contributed by atoms with Crippen LogP contribution in [0, 0.1) is 20.8 Å². The van der Waals surface area contributed by atoms with Crippen LogP contribution in [0.2, 0.25) is 0 Å². The van der Waals surface area contributed by atoms with Crippen LogP contribution in [0.1, 0.15) is 28.8 Å². The summed E-state index contributed by atoms with van der Waals surface area (Å²) in [6, 6.07) is 15.6. The molecule has 1 fully saturated rings. The van der Waals surface area contributed by atoms with E-state index in [9.17, 15) is 13.2 Å². The summed E-state index contributed by atoms with van der Waals surface area (Å²) in [6.07, 6.45) is 3.27. The largest absolute Gasteiger partial charge is 0.472 e. The first kappa shape index (κ1) is 28.4. The summed E-state index contributed by atoms with van der Waals surface area (Å²) >= 11 is 0. The van der Waals surface area contributed by atoms with Crippen molar-refractivity contribution in [2.24, 2.45) is 7.05 Å². The van der Waals surface area contributed by atoms with E-state index >= 15 is 0 Å². The van der Waals surface area contributed by atoms with Crippen molar-refractivity contribution in [3.8, 4) is 17.1 Å². The minimum atomic E-state index is -3.99. The zero-order chi connectivity index (χ0) is 30.3. The predicted octanol–water partition coefficient (Wildman–Crippen LogP) is 4.31. The van der Waals surface area contributed by atoms with Crippen LogP contribution in [-0.2, 0) is 28.3 Å². The van der Waals surface area contributed by atoms with E-state index in [1.165, 1.54) is 17.1 Å². The lowest BCUT2D eigenvalue weighted by atomic mass is 10.00. The third kappa shape index (κ3) is 5.82. The summed E-state index contributed by atoms with van der Waals surface area (Å²) in [4.78, 5) is 27.5. The van der Waals surface area contributed by atoms with Gasteiger partial charge < -0.3 is 14.6 Å². The Balaban J connectivity index is 1.24. The predicted molar refractivity (Wildman–Crippen MR) is 163 cm³/mol. The van der Waals surface area contributed by atoms with Crippen LogP contribution in [0.25, 0.3) is 22.2 Å². The second-order valence-electron chi connectivity index (χ2n) is 11.0. The number of aromatic amines is 1. The minimum Gasteiger partial charge on any atom is -0.472 e. The lowest BCUT2D eigenvalue weighted by molar-refractivity contribution is -0.129. The molecule has 222 valence electrons. The molecule has 12 heteroatoms. The number of nitrogens with zero attached hydrogens (tertiary/aromatic N) is 5. The second-order valence-corrected chi connectivity index (χ2v) is 12.6. The normalized spacial score (nSPS) is 15.3. The summed E-state index contributed by atoms with van der Waals surface area (Å²) in [6.45, 7) is 6.89. The molecular weight excluding hydrogens is 566 g/mol. The molecule has 0 radical (unpaired) electrons. The Hall–Kier alpha value is -4.71. The van der Waals surface area contributed by atoms with E-state index in [1.54, 1.807) is 13.1 Å². The molecule has 1 atom stereocenters. The first-order valence-corrected chi connectivity index (χ1v) is 15.5. The maximum Gasteiger partial charge on any atom is 0.267 e. The third-order valence-electron chi connectivity index (χ3n) is 7.80. The number of ether oxygens (including phenoxy) is 1. The Labute approximate surface area is 250 Å². The number of aromatic nitrogens is 5. The molecule has 3 aromatic heterocycles. The molecule has 43 heavy (non-hydrogen) atoms. The number of para-hydroxylation sites is 1. The molecule has 2 N–H and O–H groups in total. The van der Waals surface area contributed by atoms with Gasteiger partial charge in [0, 0.05) is 54.4 Å². The average molecular weight is 600 g/mol. The fraction of sp³-hybridized carbons (Fsp3) is 0.290. The van der Waals surface area contributed by atoms with Crippen LogP contribution in [0.4, 0.5) is 5.95 Å². The quantitative estimate of drug-likeness (QED) is 0.271. The Morgan fingerprint density at radius 2 is 1.86 bits per heavy atom. The van der Waals surface area contributed by atoms with E-state index < -0.39 is 10.0 Å². The maximum absolute atomic E-state index is 13.3. The van der Waals surface area contributed by atoms with Gasteiger partial charge in [0.15, 0.2) is 0 Å². The highest BCUT2D eigenvalue weighted by Gasteiger charge is 2.29. The molecule has 1 aliphatic rings. The summed E-state index contributed by atoms with van der Waals surface area (Å²) in [5.41, 5.74) is 6.38. The number of likely N-dealkylation sites (tertiary alicyclic amines) is 1. The van der Waals surface area contributed by atoms with Crippen molar-refractivity contribution in [2.75, 3.05) is 17.8 Å². The van der Waals surface area contributed by atoms with Crippen molar-refractivity contribution >= 4 is 32.8 Å². The molecule has 1 amide bonds. The molecule has 1 aliphatic heterocycles. The lowest BCUT2D eigenvalue weighted by Crippen LogP contribution is -2.32. The lowest BCUT2D eigenvalue weighted by Gasteiger charge is -2.18. The fourth-order valence-corrected chi connectivity index (χ4v) is 6.57. The number of fused-ring (bicyclic) bond motifs is 1. The topological polar surface area (TPSA) is 135 Å². The van der Waals surface area contributed by atoms with Crippen LogP contribution >= 0.6 is 0 Å². The monoisotopic (exact) mass is 599 g/mol. The summed E-state index contributed by atoms with van der Waals surface area (Å²) in [5, 5.41) is 5.02. The first-order valence-electron chi connectivity index (χ1n) is 14.0. The highest BCUT2D eigenvalue weighted by Crippen LogP contribution is 2.30. The van der Waals surface area contributed by atoms with Crippen LogP contribution in [-0.4, -0.2) is 63.2 Å². The van der Waals surface area contributed by atoms with Gasteiger partial charge in [-0.1, -0.05) is 36.4 Å². The van der Waals surface area contributed by atoms with Crippen molar-refractivity contribution in [3.05, 3.63) is 83.3 Å². The number of rotatable bonds is 8. The van der Waals surface area contributed by atoms with Crippen molar-refractivity contribution in [2.45, 2.75) is 44.6 Å². The minimum absolute atomic E-state index is 0.00562. The number of carbonyl (C=O) groups excluding carboxylic acids is 1. The van der Waals surface area contributed by atoms with Gasteiger partial charge in [0.2, 0.25) is 17.7 Å². The van der Waals surface area contributed by atoms with E-state index in [2.05, 4.69) is 24.8 Å². The number of hydrogen-bond acceptors (Lipinski definition) is 7. The van der Waals surface area contributed by atoms with Crippen LogP contribution in [0.5, 0.6) is 5.88 Å². The van der Waals surface area contributed by atoms with Gasteiger partial charge in [0.1, 0.15) is 11.0 Å². The SMILES string of the molecule is Cc1cccc(C)c1-c1cc(OC2CCN(C(=O)Cc3c(C)[nH]c4ccccc34)C2)nc(NS(=O)(=O)c2cnn(C)c2)n1. The summed E-state index contributed by atoms with van der Waals surface area (Å²) in [7, 11) is -2.35. The number of amides is 1. The molecule has 0 spiro atoms. The molecule has 11 nitrogen and oxygen atoms in total. The average Bonchev–Trinajstić information content (AvgIpc) is 3.68. The van der Waals surface area contributed by atoms with Crippen molar-refractivity contribution in [3.63, 3.8) is 0 Å². The van der Waals surface area contributed by atoms with Crippen LogP contribution < -0.4 is 9.46 Å². The van der Waals surface area contributed by atoms with Crippen molar-refractivity contribution in [1.29, 1.82) is 0 Å². The fourth-order valence-electron chi connectivity index (χ4n) is 5.64. The van der Waals surface area contributed by atoms with Gasteiger partial charge in [-0.2, -0.15) is 10.1 Å². The molecule has 1 saturated heterocycles. The highest BCUT2D eigenvalue weighted by atomic mass is 32.2. The number of H-pyrrole nitrogens is 1. The molecule has 1 unspecified atom stereocenters. The highest BCUT2D eigenvalue weighted by molar-refractivity contribution is 7.92. The number of hydrogen-bond donors (Lipinski definition) is 2. The van der Waals surface area contributed by atoms with Gasteiger partial charge in [-0.05, 0) is 43.5 Å². The molecule has 0 saturated carbocycles. The Morgan fingerprint density at radius 1 is 1.09 bits per heavy atom. The van der Waals surface area contributed by atoms with Crippen molar-refractivity contribution in [1.82, 2.24) is 29.6 Å². The Kier molecular flexibility index (Phi) is 7.38. The van der Waals surface area contributed by atoms with Gasteiger partial charge in [-0.15, -0.1) is 0 Å². The van der Waals surface area contributed by atoms with E-state index in [0.717, 1.165) is 38.9 Å². The van der Waals surface area contributed by atoms with Gasteiger partial charge in [0.05, 0.1) is 24.9 Å². The van der Waals surface area contributed by atoms with Crippen LogP contribution in [0.15, 0.2) is 65.8 Å². The zero-order valence-corrected chi connectivity index (χ0v) is 25.3. The molecule has 5 aromatic rings. The molecule has 4 heterocycles. The van der Waals surface area contributed by atoms with E-state index in [1.807, 2.05) is 68.1 Å². The number of nitrogens with one attached hydrogen (secondary N) is 2. The number of benzene rings is 2. The standard InChI is InChI=1S/C31H33N7O4S/c1-19-8-7-9-20(2)30(19)27-15-28(35-31(34-27)36-43(40,41)23-16-32-37(4)18-23)42-22-12-13-38(17-22)29(39)14-25-21(3)33-26-11-6-5-10-24(25)26/h5-11,15-16,18,22,33H,12-14,17H2,1-4H3,(H,34,35,36). The smallest absolute Gasteiger partial charge is 0.267 e. The van der Waals surface area contributed by atoms with Crippen LogP contribution in [0.3, 0.4) is 0 Å². The second kappa shape index (κ2) is 11.2. The molecule has 2 aromatic carbocycles. The van der Waals surface area contributed by atoms with Gasteiger partial charge in [-0.25, -0.2) is 18.1 Å². The zero-order valence-electron chi connectivity index (χ0n) is 24.5. The van der Waals surface area contributed by atoms with Gasteiger partial charge in [0.25, 0.3) is 10.0 Å². The molecule has 6 rings (SSSR count). The molecule has 0 bridgehead atoms.